The number of nitrogens with one attached hydrogen (secondary N) is 1. The van der Waals surface area contributed by atoms with Crippen molar-refractivity contribution in [3.63, 3.8) is 0 Å². The number of rotatable bonds is 15. The Bertz CT molecular complexity index is 1460. The number of carbonyl (C=O) groups excluding carboxylic acids is 2. The van der Waals surface area contributed by atoms with E-state index in [2.05, 4.69) is 27.2 Å². The summed E-state index contributed by atoms with van der Waals surface area (Å²) in [6.07, 6.45) is -2.20. The zero-order chi connectivity index (χ0) is 35.2. The van der Waals surface area contributed by atoms with E-state index in [1.54, 1.807) is 11.8 Å². The summed E-state index contributed by atoms with van der Waals surface area (Å²) in [4.78, 5) is 34.1. The van der Waals surface area contributed by atoms with E-state index in [0.29, 0.717) is 48.6 Å². The van der Waals surface area contributed by atoms with Gasteiger partial charge in [0.05, 0.1) is 30.6 Å². The Kier molecular flexibility index (Phi) is 13.4. The highest BCUT2D eigenvalue weighted by Crippen LogP contribution is 2.41. The number of carbonyl (C=O) groups is 2. The number of benzene rings is 2. The zero-order valence-corrected chi connectivity index (χ0v) is 30.0. The SMILES string of the molecule is CN(C[C@@H](O)[C@H](O)[C@@H](O)[C@@H](O)CO)C(=O)NCCCCc1cc(Cl)c(CN2CSC[C@H]2C(=O)N2CCN(C3CC3)c3ccccc32)cc1Cl. The number of aryl methyl sites for hydroxylation is 1. The van der Waals surface area contributed by atoms with E-state index in [-0.39, 0.29) is 18.5 Å². The molecule has 5 rings (SSSR count). The summed E-state index contributed by atoms with van der Waals surface area (Å²) >= 11 is 15.2. The highest BCUT2D eigenvalue weighted by Gasteiger charge is 2.40. The molecule has 0 unspecified atom stereocenters. The first-order valence-corrected chi connectivity index (χ1v) is 18.7. The van der Waals surface area contributed by atoms with E-state index < -0.39 is 37.1 Å². The summed E-state index contributed by atoms with van der Waals surface area (Å²) in [7, 11) is 1.43. The van der Waals surface area contributed by atoms with E-state index in [1.807, 2.05) is 29.2 Å². The lowest BCUT2D eigenvalue weighted by molar-refractivity contribution is -0.122. The van der Waals surface area contributed by atoms with Crippen LogP contribution in [-0.2, 0) is 17.8 Å². The van der Waals surface area contributed by atoms with Gasteiger partial charge in [-0.1, -0.05) is 35.3 Å². The first-order valence-electron chi connectivity index (χ1n) is 16.8. The first-order chi connectivity index (χ1) is 23.5. The van der Waals surface area contributed by atoms with Gasteiger partial charge in [0.25, 0.3) is 0 Å². The molecular weight excluding hydrogens is 693 g/mol. The standard InChI is InChI=1S/C34H47Cl2N5O7S/c1-38(17-29(43)31(45)32(46)30(44)18-42)34(48)37-11-5-4-6-21-14-25(36)22(15-24(21)35)16-39-20-49-19-28(39)33(47)41-13-12-40(23-9-10-23)26-7-2-3-8-27(26)41/h2-3,7-8,14-15,23,28-32,42-46H,4-6,9-13,16-20H2,1H3,(H,37,48)/t28-,29+,30-,31-,32-/m0/s1. The van der Waals surface area contributed by atoms with Crippen molar-refractivity contribution in [2.75, 3.05) is 61.3 Å². The van der Waals surface area contributed by atoms with E-state index in [4.69, 9.17) is 28.3 Å². The second-order valence-electron chi connectivity index (χ2n) is 13.1. The van der Waals surface area contributed by atoms with Crippen LogP contribution in [0.5, 0.6) is 0 Å². The Morgan fingerprint density at radius 1 is 0.980 bits per heavy atom. The number of urea groups is 1. The molecule has 3 aliphatic rings. The first kappa shape index (κ1) is 37.9. The smallest absolute Gasteiger partial charge is 0.317 e. The lowest BCUT2D eigenvalue weighted by atomic mass is 10.0. The molecule has 5 atom stereocenters. The number of fused-ring (bicyclic) bond motifs is 1. The quantitative estimate of drug-likeness (QED) is 0.150. The topological polar surface area (TPSA) is 160 Å². The number of thioether (sulfide) groups is 1. The van der Waals surface area contributed by atoms with Crippen LogP contribution in [0.1, 0.15) is 36.8 Å². The predicted octanol–water partition coefficient (Wildman–Crippen LogP) is 2.28. The third-order valence-corrected chi connectivity index (χ3v) is 11.2. The van der Waals surface area contributed by atoms with Gasteiger partial charge in [0.1, 0.15) is 24.4 Å². The molecule has 15 heteroatoms. The van der Waals surface area contributed by atoms with E-state index >= 15 is 0 Å². The van der Waals surface area contributed by atoms with E-state index in [9.17, 15) is 30.0 Å². The van der Waals surface area contributed by atoms with Gasteiger partial charge in [-0.25, -0.2) is 4.79 Å². The lowest BCUT2D eigenvalue weighted by Gasteiger charge is -2.39. The fraction of sp³-hybridized carbons (Fsp3) is 0.588. The molecule has 2 aromatic rings. The van der Waals surface area contributed by atoms with Crippen LogP contribution in [0.2, 0.25) is 10.0 Å². The van der Waals surface area contributed by atoms with Crippen molar-refractivity contribution in [3.8, 4) is 0 Å². The average molecular weight is 741 g/mol. The molecule has 2 aromatic carbocycles. The molecule has 1 saturated heterocycles. The van der Waals surface area contributed by atoms with Crippen LogP contribution in [0.4, 0.5) is 16.2 Å². The van der Waals surface area contributed by atoms with Crippen LogP contribution in [0.15, 0.2) is 36.4 Å². The Hall–Kier alpha value is -2.33. The summed E-state index contributed by atoms with van der Waals surface area (Å²) in [5.41, 5.74) is 3.90. The molecule has 2 aliphatic heterocycles. The molecule has 0 aromatic heterocycles. The van der Waals surface area contributed by atoms with Gasteiger partial charge in [-0.3, -0.25) is 9.69 Å². The van der Waals surface area contributed by atoms with Gasteiger partial charge in [0.15, 0.2) is 0 Å². The number of aliphatic hydroxyl groups is 5. The van der Waals surface area contributed by atoms with Gasteiger partial charge in [-0.2, -0.15) is 0 Å². The van der Waals surface area contributed by atoms with Crippen molar-refractivity contribution < 1.29 is 35.1 Å². The average Bonchev–Trinajstić information content (AvgIpc) is 3.85. The molecule has 1 saturated carbocycles. The highest BCUT2D eigenvalue weighted by molar-refractivity contribution is 7.99. The number of hydrogen-bond donors (Lipinski definition) is 6. The Morgan fingerprint density at radius 2 is 1.65 bits per heavy atom. The van der Waals surface area contributed by atoms with Crippen LogP contribution >= 0.6 is 35.0 Å². The predicted molar refractivity (Wildman–Crippen MR) is 192 cm³/mol. The number of nitrogens with zero attached hydrogens (tertiary/aromatic N) is 4. The van der Waals surface area contributed by atoms with Gasteiger partial charge in [0, 0.05) is 60.9 Å². The summed E-state index contributed by atoms with van der Waals surface area (Å²) in [6.45, 7) is 1.33. The fourth-order valence-electron chi connectivity index (χ4n) is 6.38. The molecular formula is C34H47Cl2N5O7S. The Balaban J connectivity index is 1.09. The number of hydrogen-bond acceptors (Lipinski definition) is 10. The maximum absolute atomic E-state index is 14.0. The van der Waals surface area contributed by atoms with Crippen LogP contribution in [0.3, 0.4) is 0 Å². The van der Waals surface area contributed by atoms with E-state index in [0.717, 1.165) is 52.0 Å². The third-order valence-electron chi connectivity index (χ3n) is 9.43. The molecule has 2 fully saturated rings. The number of halogens is 2. The Labute approximate surface area is 301 Å². The molecule has 12 nitrogen and oxygen atoms in total. The minimum atomic E-state index is -1.76. The third kappa shape index (κ3) is 9.32. The largest absolute Gasteiger partial charge is 0.394 e. The van der Waals surface area contributed by atoms with Gasteiger partial charge in [-0.05, 0) is 67.5 Å². The number of para-hydroxylation sites is 2. The van der Waals surface area contributed by atoms with E-state index in [1.165, 1.54) is 19.9 Å². The summed E-state index contributed by atoms with van der Waals surface area (Å²) in [5, 5.41) is 52.2. The number of anilines is 2. The second-order valence-corrected chi connectivity index (χ2v) is 14.9. The molecule has 6 N–H and O–H groups in total. The molecule has 0 bridgehead atoms. The van der Waals surface area contributed by atoms with Crippen LogP contribution in [0.25, 0.3) is 0 Å². The minimum absolute atomic E-state index is 0.121. The van der Waals surface area contributed by atoms with Crippen molar-refractivity contribution in [1.82, 2.24) is 15.1 Å². The van der Waals surface area contributed by atoms with Crippen molar-refractivity contribution in [2.24, 2.45) is 0 Å². The zero-order valence-electron chi connectivity index (χ0n) is 27.6. The molecule has 3 amide bonds. The van der Waals surface area contributed by atoms with Gasteiger partial charge >= 0.3 is 6.03 Å². The number of amides is 3. The molecule has 2 heterocycles. The molecule has 270 valence electrons. The van der Waals surface area contributed by atoms with Crippen molar-refractivity contribution in [3.05, 3.63) is 57.6 Å². The minimum Gasteiger partial charge on any atom is -0.394 e. The maximum Gasteiger partial charge on any atom is 0.317 e. The normalized spacial score (nSPS) is 20.4. The van der Waals surface area contributed by atoms with Crippen molar-refractivity contribution in [2.45, 2.75) is 75.1 Å². The number of unbranched alkanes of at least 4 members (excludes halogenated alkanes) is 1. The van der Waals surface area contributed by atoms with Crippen molar-refractivity contribution >= 4 is 58.3 Å². The monoisotopic (exact) mass is 739 g/mol. The van der Waals surface area contributed by atoms with Gasteiger partial charge < -0.3 is 45.5 Å². The summed E-state index contributed by atoms with van der Waals surface area (Å²) in [6, 6.07) is 11.8. The molecule has 1 aliphatic carbocycles. The van der Waals surface area contributed by atoms with Crippen LogP contribution < -0.4 is 15.1 Å². The fourth-order valence-corrected chi connectivity index (χ4v) is 8.10. The molecule has 49 heavy (non-hydrogen) atoms. The van der Waals surface area contributed by atoms with Gasteiger partial charge in [0.2, 0.25) is 5.91 Å². The van der Waals surface area contributed by atoms with Crippen LogP contribution in [0, 0.1) is 0 Å². The lowest BCUT2D eigenvalue weighted by Crippen LogP contribution is -2.52. The summed E-state index contributed by atoms with van der Waals surface area (Å²) < 4.78 is 0. The van der Waals surface area contributed by atoms with Gasteiger partial charge in [-0.15, -0.1) is 11.8 Å². The summed E-state index contributed by atoms with van der Waals surface area (Å²) in [5.74, 6) is 1.57. The second kappa shape index (κ2) is 17.3. The number of likely N-dealkylation sites (N-methyl/N-ethyl adjacent to an activating group) is 1. The highest BCUT2D eigenvalue weighted by atomic mass is 35.5. The maximum atomic E-state index is 14.0. The molecule has 0 radical (unpaired) electrons. The number of aliphatic hydroxyl groups excluding tert-OH is 5. The molecule has 0 spiro atoms. The van der Waals surface area contributed by atoms with Crippen LogP contribution in [-0.4, -0.2) is 135 Å². The Morgan fingerprint density at radius 3 is 2.37 bits per heavy atom. The van der Waals surface area contributed by atoms with Crippen molar-refractivity contribution in [1.29, 1.82) is 0 Å².